The zero-order valence-electron chi connectivity index (χ0n) is 16.9. The van der Waals surface area contributed by atoms with Crippen LogP contribution in [0.15, 0.2) is 53.5 Å². The number of benzene rings is 3. The third-order valence-electron chi connectivity index (χ3n) is 4.35. The fourth-order valence-electron chi connectivity index (χ4n) is 2.87. The van der Waals surface area contributed by atoms with Crippen LogP contribution in [0.2, 0.25) is 0 Å². The van der Waals surface area contributed by atoms with Crippen molar-refractivity contribution in [1.82, 2.24) is 0 Å². The van der Waals surface area contributed by atoms with Gasteiger partial charge in [-0.2, -0.15) is 4.99 Å². The summed E-state index contributed by atoms with van der Waals surface area (Å²) < 4.78 is 56.8. The van der Waals surface area contributed by atoms with Crippen molar-refractivity contribution in [3.63, 3.8) is 0 Å². The Morgan fingerprint density at radius 2 is 1.28 bits per heavy atom. The molecule has 0 saturated carbocycles. The summed E-state index contributed by atoms with van der Waals surface area (Å²) in [5.41, 5.74) is 0.521. The summed E-state index contributed by atoms with van der Waals surface area (Å²) in [6, 6.07) is 10.6. The Morgan fingerprint density at radius 3 is 1.84 bits per heavy atom. The van der Waals surface area contributed by atoms with Crippen LogP contribution in [0.25, 0.3) is 11.1 Å². The van der Waals surface area contributed by atoms with E-state index in [1.807, 2.05) is 12.1 Å². The molecular weight excluding hydrogens is 434 g/mol. The first-order valence-electron chi connectivity index (χ1n) is 9.60. The van der Waals surface area contributed by atoms with Gasteiger partial charge >= 0.3 is 0 Å². The number of hydrogen-bond donors (Lipinski definition) is 0. The highest BCUT2D eigenvalue weighted by molar-refractivity contribution is 7.78. The summed E-state index contributed by atoms with van der Waals surface area (Å²) in [6.45, 7) is 1.97. The van der Waals surface area contributed by atoms with E-state index >= 15 is 0 Å². The molecule has 0 aliphatic heterocycles. The first-order valence-corrected chi connectivity index (χ1v) is 10.0. The molecule has 0 spiro atoms. The predicted octanol–water partition coefficient (Wildman–Crippen LogP) is 7.20. The van der Waals surface area contributed by atoms with Crippen molar-refractivity contribution in [2.75, 3.05) is 0 Å². The Bertz CT molecular complexity index is 1290. The molecule has 0 bridgehead atoms. The van der Waals surface area contributed by atoms with E-state index in [2.05, 4.69) is 40.9 Å². The molecule has 0 fully saturated rings. The minimum Gasteiger partial charge on any atom is -0.206 e. The maximum absolute atomic E-state index is 14.5. The van der Waals surface area contributed by atoms with E-state index in [1.165, 1.54) is 24.3 Å². The molecule has 158 valence electrons. The molecule has 0 aromatic heterocycles. The van der Waals surface area contributed by atoms with Gasteiger partial charge in [0.05, 0.1) is 10.7 Å². The Hall–Kier alpha value is -3.70. The fraction of sp³-hybridized carbons (Fsp3) is 0.115. The Kier molecular flexibility index (Phi) is 7.58. The molecule has 0 aliphatic carbocycles. The molecule has 3 aromatic rings. The number of rotatable bonds is 3. The van der Waals surface area contributed by atoms with Gasteiger partial charge in [0.25, 0.3) is 0 Å². The summed E-state index contributed by atoms with van der Waals surface area (Å²) in [5.74, 6) is 7.77. The quantitative estimate of drug-likeness (QED) is 0.178. The van der Waals surface area contributed by atoms with Crippen LogP contribution in [-0.4, -0.2) is 5.16 Å². The van der Waals surface area contributed by atoms with Crippen LogP contribution in [-0.2, 0) is 0 Å². The van der Waals surface area contributed by atoms with Gasteiger partial charge in [-0.3, -0.25) is 0 Å². The van der Waals surface area contributed by atoms with Crippen molar-refractivity contribution < 1.29 is 17.6 Å². The Morgan fingerprint density at radius 1 is 0.750 bits per heavy atom. The summed E-state index contributed by atoms with van der Waals surface area (Å²) in [4.78, 5) is 3.34. The van der Waals surface area contributed by atoms with E-state index in [4.69, 9.17) is 0 Å². The van der Waals surface area contributed by atoms with Crippen LogP contribution >= 0.6 is 12.2 Å². The van der Waals surface area contributed by atoms with Crippen molar-refractivity contribution in [2.24, 2.45) is 4.99 Å². The molecular formula is C26H15F4NS. The molecule has 3 aromatic carbocycles. The molecule has 0 radical (unpaired) electrons. The number of nitrogens with zero attached hydrogens (tertiary/aromatic N) is 1. The van der Waals surface area contributed by atoms with E-state index in [1.54, 1.807) is 12.1 Å². The second-order valence-electron chi connectivity index (χ2n) is 6.69. The third kappa shape index (κ3) is 5.50. The van der Waals surface area contributed by atoms with Crippen LogP contribution in [0.1, 0.15) is 36.5 Å². The SMILES string of the molecule is CCCC#Cc1cc(F)c(-c2ccc(C#Cc3cc(F)c(N=C=S)c(F)c3)cc2)c(F)c1. The normalized spacial score (nSPS) is 9.78. The molecule has 0 amide bonds. The van der Waals surface area contributed by atoms with Crippen molar-refractivity contribution in [3.05, 3.63) is 88.5 Å². The molecule has 0 heterocycles. The maximum Gasteiger partial charge on any atom is 0.153 e. The van der Waals surface area contributed by atoms with E-state index in [-0.39, 0.29) is 16.7 Å². The summed E-state index contributed by atoms with van der Waals surface area (Å²) in [5, 5.41) is 1.92. The Labute approximate surface area is 188 Å². The molecule has 32 heavy (non-hydrogen) atoms. The number of thiocarbonyl (C=S) groups is 1. The molecule has 0 aliphatic rings. The van der Waals surface area contributed by atoms with E-state index < -0.39 is 29.0 Å². The van der Waals surface area contributed by atoms with Crippen LogP contribution < -0.4 is 0 Å². The van der Waals surface area contributed by atoms with E-state index in [0.717, 1.165) is 18.6 Å². The minimum atomic E-state index is -0.907. The molecule has 0 saturated heterocycles. The van der Waals surface area contributed by atoms with E-state index in [9.17, 15) is 17.6 Å². The van der Waals surface area contributed by atoms with Crippen molar-refractivity contribution >= 4 is 23.1 Å². The van der Waals surface area contributed by atoms with Gasteiger partial charge in [-0.25, -0.2) is 17.6 Å². The first kappa shape index (κ1) is 23.0. The highest BCUT2D eigenvalue weighted by Crippen LogP contribution is 2.27. The van der Waals surface area contributed by atoms with Crippen molar-refractivity contribution in [2.45, 2.75) is 19.8 Å². The molecule has 0 unspecified atom stereocenters. The summed E-state index contributed by atoms with van der Waals surface area (Å²) in [6.07, 6.45) is 1.51. The average Bonchev–Trinajstić information content (AvgIpc) is 2.75. The predicted molar refractivity (Wildman–Crippen MR) is 121 cm³/mol. The number of isothiocyanates is 1. The van der Waals surface area contributed by atoms with Crippen molar-refractivity contribution in [1.29, 1.82) is 0 Å². The van der Waals surface area contributed by atoms with Crippen LogP contribution in [0, 0.1) is 47.0 Å². The van der Waals surface area contributed by atoms with Gasteiger partial charge in [0, 0.05) is 23.1 Å². The summed E-state index contributed by atoms with van der Waals surface area (Å²) in [7, 11) is 0. The maximum atomic E-state index is 14.5. The van der Waals surface area contributed by atoms with Gasteiger partial charge in [-0.05, 0) is 60.6 Å². The standard InChI is InChI=1S/C26H15F4NS/c1-2-3-4-5-18-12-21(27)25(22(28)13-18)20-10-8-17(9-11-20)6-7-19-14-23(29)26(31-16-32)24(30)15-19/h8-15H,2-3H2,1H3. The zero-order valence-corrected chi connectivity index (χ0v) is 17.7. The second kappa shape index (κ2) is 10.6. The van der Waals surface area contributed by atoms with Crippen LogP contribution in [0.5, 0.6) is 0 Å². The van der Waals surface area contributed by atoms with E-state index in [0.29, 0.717) is 17.5 Å². The highest BCUT2D eigenvalue weighted by atomic mass is 32.1. The van der Waals surface area contributed by atoms with Gasteiger partial charge < -0.3 is 0 Å². The molecule has 0 atom stereocenters. The third-order valence-corrected chi connectivity index (χ3v) is 4.44. The number of unbranched alkanes of at least 4 members (excludes halogenated alkanes) is 1. The molecule has 6 heteroatoms. The lowest BCUT2D eigenvalue weighted by Crippen LogP contribution is -1.92. The molecule has 1 nitrogen and oxygen atoms in total. The second-order valence-corrected chi connectivity index (χ2v) is 6.87. The molecule has 3 rings (SSSR count). The fourth-order valence-corrected chi connectivity index (χ4v) is 2.96. The zero-order chi connectivity index (χ0) is 23.1. The largest absolute Gasteiger partial charge is 0.206 e. The average molecular weight is 449 g/mol. The lowest BCUT2D eigenvalue weighted by Gasteiger charge is -2.06. The van der Waals surface area contributed by atoms with Gasteiger partial charge in [0.15, 0.2) is 11.6 Å². The Balaban J connectivity index is 1.86. The highest BCUT2D eigenvalue weighted by Gasteiger charge is 2.13. The van der Waals surface area contributed by atoms with Crippen LogP contribution in [0.3, 0.4) is 0 Å². The summed E-state index contributed by atoms with van der Waals surface area (Å²) >= 11 is 4.36. The van der Waals surface area contributed by atoms with Crippen LogP contribution in [0.4, 0.5) is 23.2 Å². The number of halogens is 4. The van der Waals surface area contributed by atoms with Gasteiger partial charge in [0.2, 0.25) is 0 Å². The number of hydrogen-bond acceptors (Lipinski definition) is 2. The monoisotopic (exact) mass is 449 g/mol. The minimum absolute atomic E-state index is 0.101. The van der Waals surface area contributed by atoms with Crippen molar-refractivity contribution in [3.8, 4) is 34.8 Å². The lowest BCUT2D eigenvalue weighted by atomic mass is 10.0. The topological polar surface area (TPSA) is 12.4 Å². The van der Waals surface area contributed by atoms with Gasteiger partial charge in [0.1, 0.15) is 17.3 Å². The number of aliphatic imine (C=N–C) groups is 1. The smallest absolute Gasteiger partial charge is 0.153 e. The lowest BCUT2D eigenvalue weighted by molar-refractivity contribution is 0.587. The van der Waals surface area contributed by atoms with Gasteiger partial charge in [-0.15, -0.1) is 0 Å². The molecule has 0 N–H and O–H groups in total. The first-order chi connectivity index (χ1) is 15.4. The van der Waals surface area contributed by atoms with Gasteiger partial charge in [-0.1, -0.05) is 42.7 Å².